The van der Waals surface area contributed by atoms with E-state index in [1.807, 2.05) is 0 Å². The molecule has 4 N–H and O–H groups in total. The molecule has 0 aliphatic carbocycles. The Morgan fingerprint density at radius 1 is 1.56 bits per heavy atom. The molecule has 2 aromatic rings. The van der Waals surface area contributed by atoms with Gasteiger partial charge in [-0.1, -0.05) is 11.8 Å². The lowest BCUT2D eigenvalue weighted by Crippen LogP contribution is -2.26. The van der Waals surface area contributed by atoms with Crippen molar-refractivity contribution in [3.63, 3.8) is 0 Å². The number of fused-ring (bicyclic) bond motifs is 3. The van der Waals surface area contributed by atoms with E-state index in [0.29, 0.717) is 30.0 Å². The fourth-order valence-corrected chi connectivity index (χ4v) is 3.20. The number of ether oxygens (including phenoxy) is 1. The zero-order chi connectivity index (χ0) is 18.2. The lowest BCUT2D eigenvalue weighted by Gasteiger charge is -2.11. The lowest BCUT2D eigenvalue weighted by molar-refractivity contribution is 0.0518. The van der Waals surface area contributed by atoms with Crippen molar-refractivity contribution in [3.05, 3.63) is 33.4 Å². The predicted molar refractivity (Wildman–Crippen MR) is 89.8 cm³/mol. The number of hydrogen-bond acceptors (Lipinski definition) is 6. The van der Waals surface area contributed by atoms with Crippen LogP contribution in [0.15, 0.2) is 12.1 Å². The molecule has 25 heavy (non-hydrogen) atoms. The van der Waals surface area contributed by atoms with Crippen LogP contribution < -0.4 is 10.5 Å². The summed E-state index contributed by atoms with van der Waals surface area (Å²) in [6.45, 7) is 1.07. The zero-order valence-corrected chi connectivity index (χ0v) is 14.1. The number of carbonyl (C=O) groups excluding carboxylic acids is 1. The van der Waals surface area contributed by atoms with Gasteiger partial charge in [-0.25, -0.2) is 9.37 Å². The molecule has 0 bridgehead atoms. The molecule has 0 spiro atoms. The van der Waals surface area contributed by atoms with Crippen molar-refractivity contribution in [2.24, 2.45) is 5.73 Å². The molecular formula is C17H15FN2O4S. The number of halogens is 1. The first-order valence-electron chi connectivity index (χ1n) is 7.43. The van der Waals surface area contributed by atoms with E-state index in [4.69, 9.17) is 15.6 Å². The highest BCUT2D eigenvalue weighted by Crippen LogP contribution is 2.38. The van der Waals surface area contributed by atoms with Gasteiger partial charge in [-0.2, -0.15) is 0 Å². The van der Waals surface area contributed by atoms with Gasteiger partial charge in [0.15, 0.2) is 5.01 Å². The van der Waals surface area contributed by atoms with Crippen molar-refractivity contribution < 1.29 is 24.1 Å². The summed E-state index contributed by atoms with van der Waals surface area (Å²) in [6, 6.07) is 2.66. The van der Waals surface area contributed by atoms with Gasteiger partial charge in [0.1, 0.15) is 17.2 Å². The molecule has 1 atom stereocenters. The van der Waals surface area contributed by atoms with Crippen LogP contribution in [-0.4, -0.2) is 39.9 Å². The first-order valence-corrected chi connectivity index (χ1v) is 8.25. The Bertz CT molecular complexity index is 911. The highest BCUT2D eigenvalue weighted by atomic mass is 32.1. The summed E-state index contributed by atoms with van der Waals surface area (Å²) in [6.07, 6.45) is 0.525. The standard InChI is InChI=1S/C17H15FN2O4S/c1-17(23,8-21)4-2-9-6-10-12(7-11(9)18)24-5-3-13-14(10)20-16(25-13)15(19)22/h6-7,21,23H,3,5,8H2,1H3,(H2,19,22). The number of benzene rings is 1. The van der Waals surface area contributed by atoms with Crippen molar-refractivity contribution >= 4 is 17.2 Å². The van der Waals surface area contributed by atoms with Gasteiger partial charge in [0, 0.05) is 22.9 Å². The Morgan fingerprint density at radius 2 is 2.32 bits per heavy atom. The van der Waals surface area contributed by atoms with Crippen molar-refractivity contribution in [2.75, 3.05) is 13.2 Å². The van der Waals surface area contributed by atoms with Gasteiger partial charge in [-0.3, -0.25) is 4.79 Å². The van der Waals surface area contributed by atoms with Gasteiger partial charge in [-0.05, 0) is 13.0 Å². The van der Waals surface area contributed by atoms with Crippen LogP contribution in [0, 0.1) is 17.7 Å². The normalized spacial score (nSPS) is 14.9. The Kier molecular flexibility index (Phi) is 4.47. The minimum Gasteiger partial charge on any atom is -0.492 e. The highest BCUT2D eigenvalue weighted by Gasteiger charge is 2.24. The maximum atomic E-state index is 14.3. The molecule has 6 nitrogen and oxygen atoms in total. The van der Waals surface area contributed by atoms with Gasteiger partial charge in [0.2, 0.25) is 0 Å². The number of amides is 1. The van der Waals surface area contributed by atoms with Crippen molar-refractivity contribution in [2.45, 2.75) is 18.9 Å². The highest BCUT2D eigenvalue weighted by molar-refractivity contribution is 7.14. The third-order valence-electron chi connectivity index (χ3n) is 3.59. The topological polar surface area (TPSA) is 106 Å². The van der Waals surface area contributed by atoms with E-state index in [0.717, 1.165) is 4.88 Å². The predicted octanol–water partition coefficient (Wildman–Crippen LogP) is 1.08. The van der Waals surface area contributed by atoms with Crippen LogP contribution in [0.2, 0.25) is 0 Å². The number of aliphatic hydroxyl groups excluding tert-OH is 1. The van der Waals surface area contributed by atoms with E-state index in [-0.39, 0.29) is 10.6 Å². The average Bonchev–Trinajstić information content (AvgIpc) is 2.91. The molecule has 0 fully saturated rings. The molecule has 1 aliphatic rings. The van der Waals surface area contributed by atoms with E-state index in [2.05, 4.69) is 16.8 Å². The second-order valence-corrected chi connectivity index (χ2v) is 6.85. The Hall–Kier alpha value is -2.47. The van der Waals surface area contributed by atoms with E-state index in [1.54, 1.807) is 0 Å². The maximum Gasteiger partial charge on any atom is 0.277 e. The Labute approximate surface area is 147 Å². The summed E-state index contributed by atoms with van der Waals surface area (Å²) in [5.41, 5.74) is 4.70. The van der Waals surface area contributed by atoms with Crippen molar-refractivity contribution in [1.82, 2.24) is 4.98 Å². The number of nitrogens with two attached hydrogens (primary N) is 1. The Morgan fingerprint density at radius 3 is 3.00 bits per heavy atom. The summed E-state index contributed by atoms with van der Waals surface area (Å²) >= 11 is 1.18. The summed E-state index contributed by atoms with van der Waals surface area (Å²) in [5.74, 6) is 4.01. The van der Waals surface area contributed by atoms with Crippen molar-refractivity contribution in [3.8, 4) is 28.8 Å². The number of carbonyl (C=O) groups is 1. The van der Waals surface area contributed by atoms with E-state index in [1.165, 1.54) is 30.4 Å². The van der Waals surface area contributed by atoms with E-state index < -0.39 is 23.9 Å². The molecule has 0 radical (unpaired) electrons. The fourth-order valence-electron chi connectivity index (χ4n) is 2.29. The molecular weight excluding hydrogens is 347 g/mol. The number of nitrogens with zero attached hydrogens (tertiary/aromatic N) is 1. The number of rotatable bonds is 2. The minimum atomic E-state index is -1.64. The third kappa shape index (κ3) is 3.49. The quantitative estimate of drug-likeness (QED) is 0.693. The van der Waals surface area contributed by atoms with E-state index >= 15 is 0 Å². The molecule has 0 saturated heterocycles. The van der Waals surface area contributed by atoms with Crippen LogP contribution in [0.4, 0.5) is 4.39 Å². The van der Waals surface area contributed by atoms with Crippen LogP contribution in [0.3, 0.4) is 0 Å². The number of aliphatic hydroxyl groups is 2. The number of thiazole rings is 1. The molecule has 2 heterocycles. The minimum absolute atomic E-state index is 0.0255. The lowest BCUT2D eigenvalue weighted by atomic mass is 10.0. The molecule has 1 unspecified atom stereocenters. The molecule has 1 amide bonds. The summed E-state index contributed by atoms with van der Waals surface area (Å²) in [7, 11) is 0. The van der Waals surface area contributed by atoms with E-state index in [9.17, 15) is 14.3 Å². The van der Waals surface area contributed by atoms with Crippen LogP contribution in [0.1, 0.15) is 27.2 Å². The molecule has 3 rings (SSSR count). The smallest absolute Gasteiger partial charge is 0.277 e. The summed E-state index contributed by atoms with van der Waals surface area (Å²) in [4.78, 5) is 16.5. The van der Waals surface area contributed by atoms with Crippen LogP contribution in [-0.2, 0) is 6.42 Å². The monoisotopic (exact) mass is 362 g/mol. The second kappa shape index (κ2) is 6.44. The van der Waals surface area contributed by atoms with Gasteiger partial charge in [0.05, 0.1) is 24.5 Å². The number of aromatic nitrogens is 1. The molecule has 8 heteroatoms. The van der Waals surface area contributed by atoms with Gasteiger partial charge >= 0.3 is 0 Å². The molecule has 130 valence electrons. The first kappa shape index (κ1) is 17.4. The summed E-state index contributed by atoms with van der Waals surface area (Å²) in [5, 5.41) is 19.0. The first-order chi connectivity index (χ1) is 11.8. The van der Waals surface area contributed by atoms with Gasteiger partial charge < -0.3 is 20.7 Å². The van der Waals surface area contributed by atoms with Gasteiger partial charge in [-0.15, -0.1) is 11.3 Å². The molecule has 0 saturated carbocycles. The number of hydrogen-bond donors (Lipinski definition) is 3. The second-order valence-electron chi connectivity index (χ2n) is 5.76. The van der Waals surface area contributed by atoms with Gasteiger partial charge in [0.25, 0.3) is 5.91 Å². The number of primary amides is 1. The largest absolute Gasteiger partial charge is 0.492 e. The Balaban J connectivity index is 2.13. The van der Waals surface area contributed by atoms with Crippen molar-refractivity contribution in [1.29, 1.82) is 0 Å². The summed E-state index contributed by atoms with van der Waals surface area (Å²) < 4.78 is 19.8. The molecule has 1 aliphatic heterocycles. The third-order valence-corrected chi connectivity index (χ3v) is 4.72. The fraction of sp³-hybridized carbons (Fsp3) is 0.294. The SMILES string of the molecule is CC(O)(C#Cc1cc2c(cc1F)OCCc1sc(C(N)=O)nc1-2)CO. The maximum absolute atomic E-state index is 14.3. The van der Waals surface area contributed by atoms with Crippen LogP contribution >= 0.6 is 11.3 Å². The average molecular weight is 362 g/mol. The molecule has 1 aromatic carbocycles. The zero-order valence-electron chi connectivity index (χ0n) is 13.3. The molecule has 1 aromatic heterocycles. The van der Waals surface area contributed by atoms with Crippen LogP contribution in [0.5, 0.6) is 5.75 Å². The van der Waals surface area contributed by atoms with Crippen LogP contribution in [0.25, 0.3) is 11.3 Å².